The second-order valence-corrected chi connectivity index (χ2v) is 7.10. The van der Waals surface area contributed by atoms with Crippen LogP contribution in [0.5, 0.6) is 0 Å². The van der Waals surface area contributed by atoms with Crippen LogP contribution in [0.15, 0.2) is 0 Å². The van der Waals surface area contributed by atoms with Crippen molar-refractivity contribution in [3.05, 3.63) is 0 Å². The van der Waals surface area contributed by atoms with E-state index in [1.807, 2.05) is 0 Å². The maximum atomic E-state index is 10.7. The van der Waals surface area contributed by atoms with Crippen LogP contribution < -0.4 is 0 Å². The van der Waals surface area contributed by atoms with Crippen LogP contribution in [0.2, 0.25) is 0 Å². The van der Waals surface area contributed by atoms with Gasteiger partial charge in [-0.1, -0.05) is 84.0 Å². The number of carbonyl (C=O) groups is 1. The van der Waals surface area contributed by atoms with Gasteiger partial charge in [0, 0.05) is 6.42 Å². The summed E-state index contributed by atoms with van der Waals surface area (Å²) in [6, 6.07) is 0. The second kappa shape index (κ2) is 12.1. The van der Waals surface area contributed by atoms with Crippen molar-refractivity contribution in [3.8, 4) is 0 Å². The third-order valence-electron chi connectivity index (χ3n) is 5.15. The fourth-order valence-corrected chi connectivity index (χ4v) is 3.71. The van der Waals surface area contributed by atoms with E-state index in [1.165, 1.54) is 77.0 Å². The van der Waals surface area contributed by atoms with Gasteiger partial charge in [0.1, 0.15) is 0 Å². The molecule has 1 rings (SSSR count). The molecule has 1 N–H and O–H groups in total. The molecule has 1 aliphatic carbocycles. The summed E-state index contributed by atoms with van der Waals surface area (Å²) in [5.41, 5.74) is 0. The molecule has 1 aliphatic rings. The Kier molecular flexibility index (Phi) is 10.6. The molecule has 0 aliphatic heterocycles. The zero-order valence-electron chi connectivity index (χ0n) is 14.1. The van der Waals surface area contributed by atoms with Gasteiger partial charge in [0.05, 0.1) is 0 Å². The average Bonchev–Trinajstić information content (AvgIpc) is 2.47. The lowest BCUT2D eigenvalue weighted by molar-refractivity contribution is -0.138. The predicted octanol–water partition coefficient (Wildman–Crippen LogP) is 6.19. The molecule has 2 nitrogen and oxygen atoms in total. The fourth-order valence-electron chi connectivity index (χ4n) is 3.71. The summed E-state index contributed by atoms with van der Waals surface area (Å²) in [5, 5.41) is 8.82. The van der Waals surface area contributed by atoms with Gasteiger partial charge >= 0.3 is 5.97 Å². The molecule has 2 heteroatoms. The molecule has 0 radical (unpaired) electrons. The molecular weight excluding hydrogens is 260 g/mol. The van der Waals surface area contributed by atoms with Crippen LogP contribution in [-0.2, 0) is 4.79 Å². The first-order valence-corrected chi connectivity index (χ1v) is 9.44. The molecule has 0 bridgehead atoms. The number of aliphatic carboxylic acids is 1. The third-order valence-corrected chi connectivity index (χ3v) is 5.15. The number of hydrogen-bond acceptors (Lipinski definition) is 1. The Bertz CT molecular complexity index is 254. The van der Waals surface area contributed by atoms with E-state index >= 15 is 0 Å². The molecule has 1 fully saturated rings. The molecule has 0 spiro atoms. The zero-order chi connectivity index (χ0) is 15.3. The molecule has 0 amide bonds. The van der Waals surface area contributed by atoms with Crippen molar-refractivity contribution in [2.45, 2.75) is 103 Å². The Labute approximate surface area is 131 Å². The minimum Gasteiger partial charge on any atom is -0.481 e. The first-order valence-electron chi connectivity index (χ1n) is 9.44. The summed E-state index contributed by atoms with van der Waals surface area (Å²) in [6.07, 6.45) is 19.3. The van der Waals surface area contributed by atoms with Gasteiger partial charge in [-0.15, -0.1) is 0 Å². The van der Waals surface area contributed by atoms with Gasteiger partial charge in [-0.05, 0) is 24.7 Å². The van der Waals surface area contributed by atoms with Crippen LogP contribution in [0.3, 0.4) is 0 Å². The number of carboxylic acid groups (broad SMARTS) is 1. The smallest absolute Gasteiger partial charge is 0.303 e. The molecule has 1 saturated carbocycles. The maximum Gasteiger partial charge on any atom is 0.303 e. The Morgan fingerprint density at radius 3 is 1.81 bits per heavy atom. The SMILES string of the molecule is CCCCCCCCCCCC1CCC(CC(=O)O)CC1. The summed E-state index contributed by atoms with van der Waals surface area (Å²) < 4.78 is 0. The lowest BCUT2D eigenvalue weighted by atomic mass is 9.78. The highest BCUT2D eigenvalue weighted by Gasteiger charge is 2.22. The van der Waals surface area contributed by atoms with Crippen LogP contribution in [0, 0.1) is 11.8 Å². The van der Waals surface area contributed by atoms with Gasteiger partial charge in [0.2, 0.25) is 0 Å². The average molecular weight is 296 g/mol. The van der Waals surface area contributed by atoms with Gasteiger partial charge in [0.25, 0.3) is 0 Å². The van der Waals surface area contributed by atoms with Crippen molar-refractivity contribution in [1.82, 2.24) is 0 Å². The molecule has 124 valence electrons. The van der Waals surface area contributed by atoms with Gasteiger partial charge in [-0.3, -0.25) is 4.79 Å². The quantitative estimate of drug-likeness (QED) is 0.436. The minimum atomic E-state index is -0.614. The van der Waals surface area contributed by atoms with Crippen molar-refractivity contribution in [3.63, 3.8) is 0 Å². The molecule has 21 heavy (non-hydrogen) atoms. The second-order valence-electron chi connectivity index (χ2n) is 7.10. The van der Waals surface area contributed by atoms with E-state index in [0.29, 0.717) is 12.3 Å². The molecule has 0 saturated heterocycles. The Hall–Kier alpha value is -0.530. The highest BCUT2D eigenvalue weighted by Crippen LogP contribution is 2.33. The summed E-state index contributed by atoms with van der Waals surface area (Å²) in [4.78, 5) is 10.7. The van der Waals surface area contributed by atoms with Gasteiger partial charge < -0.3 is 5.11 Å². The van der Waals surface area contributed by atoms with Gasteiger partial charge in [-0.2, -0.15) is 0 Å². The van der Waals surface area contributed by atoms with E-state index in [1.54, 1.807) is 0 Å². The number of unbranched alkanes of at least 4 members (excludes halogenated alkanes) is 8. The number of rotatable bonds is 12. The van der Waals surface area contributed by atoms with E-state index in [4.69, 9.17) is 5.11 Å². The number of hydrogen-bond donors (Lipinski definition) is 1. The lowest BCUT2D eigenvalue weighted by Crippen LogP contribution is -2.17. The van der Waals surface area contributed by atoms with Crippen molar-refractivity contribution in [1.29, 1.82) is 0 Å². The van der Waals surface area contributed by atoms with Crippen LogP contribution in [-0.4, -0.2) is 11.1 Å². The number of carboxylic acids is 1. The van der Waals surface area contributed by atoms with Gasteiger partial charge in [-0.25, -0.2) is 0 Å². The minimum absolute atomic E-state index is 0.394. The molecule has 0 heterocycles. The van der Waals surface area contributed by atoms with E-state index in [2.05, 4.69) is 6.92 Å². The van der Waals surface area contributed by atoms with Crippen molar-refractivity contribution in [2.24, 2.45) is 11.8 Å². The summed E-state index contributed by atoms with van der Waals surface area (Å²) in [5.74, 6) is 0.735. The van der Waals surface area contributed by atoms with E-state index in [0.717, 1.165) is 18.8 Å². The van der Waals surface area contributed by atoms with Crippen LogP contribution in [0.1, 0.15) is 103 Å². The fraction of sp³-hybridized carbons (Fsp3) is 0.947. The molecule has 0 aromatic heterocycles. The molecule has 0 aromatic rings. The Morgan fingerprint density at radius 1 is 0.810 bits per heavy atom. The first kappa shape index (κ1) is 18.5. The summed E-state index contributed by atoms with van der Waals surface area (Å²) >= 11 is 0. The molecule has 0 unspecified atom stereocenters. The largest absolute Gasteiger partial charge is 0.481 e. The van der Waals surface area contributed by atoms with E-state index in [-0.39, 0.29) is 0 Å². The molecule has 0 aromatic carbocycles. The predicted molar refractivity (Wildman–Crippen MR) is 89.5 cm³/mol. The van der Waals surface area contributed by atoms with Crippen molar-refractivity contribution >= 4 is 5.97 Å². The summed E-state index contributed by atoms with van der Waals surface area (Å²) in [6.45, 7) is 2.27. The Morgan fingerprint density at radius 2 is 1.29 bits per heavy atom. The monoisotopic (exact) mass is 296 g/mol. The third kappa shape index (κ3) is 9.92. The summed E-state index contributed by atoms with van der Waals surface area (Å²) in [7, 11) is 0. The normalized spacial score (nSPS) is 22.3. The van der Waals surface area contributed by atoms with Crippen LogP contribution in [0.25, 0.3) is 0 Å². The highest BCUT2D eigenvalue weighted by atomic mass is 16.4. The van der Waals surface area contributed by atoms with Crippen molar-refractivity contribution in [2.75, 3.05) is 0 Å². The van der Waals surface area contributed by atoms with Gasteiger partial charge in [0.15, 0.2) is 0 Å². The van der Waals surface area contributed by atoms with Crippen molar-refractivity contribution < 1.29 is 9.90 Å². The van der Waals surface area contributed by atoms with Crippen LogP contribution in [0.4, 0.5) is 0 Å². The lowest BCUT2D eigenvalue weighted by Gasteiger charge is -2.27. The maximum absolute atomic E-state index is 10.7. The molecule has 0 atom stereocenters. The van der Waals surface area contributed by atoms with Crippen LogP contribution >= 0.6 is 0 Å². The topological polar surface area (TPSA) is 37.3 Å². The zero-order valence-corrected chi connectivity index (χ0v) is 14.1. The molecular formula is C19H36O2. The van der Waals surface area contributed by atoms with E-state index in [9.17, 15) is 4.79 Å². The van der Waals surface area contributed by atoms with E-state index < -0.39 is 5.97 Å². The first-order chi connectivity index (χ1) is 10.2. The standard InChI is InChI=1S/C19H36O2/c1-2-3-4-5-6-7-8-9-10-11-17-12-14-18(15-13-17)16-19(20)21/h17-18H,2-16H2,1H3,(H,20,21). The highest BCUT2D eigenvalue weighted by molar-refractivity contribution is 5.67. The Balaban J connectivity index is 1.87.